The van der Waals surface area contributed by atoms with Crippen LogP contribution in [0.25, 0.3) is 0 Å². The second-order valence-corrected chi connectivity index (χ2v) is 4.15. The highest BCUT2D eigenvalue weighted by Crippen LogP contribution is 2.32. The maximum atomic E-state index is 11.6. The monoisotopic (exact) mass is 230 g/mol. The van der Waals surface area contributed by atoms with Gasteiger partial charge in [0, 0.05) is 20.1 Å². The van der Waals surface area contributed by atoms with E-state index in [0.29, 0.717) is 13.1 Å². The second-order valence-electron chi connectivity index (χ2n) is 3.88. The van der Waals surface area contributed by atoms with Crippen molar-refractivity contribution in [2.24, 2.45) is 11.8 Å². The lowest BCUT2D eigenvalue weighted by Gasteiger charge is -2.17. The summed E-state index contributed by atoms with van der Waals surface area (Å²) in [5.41, 5.74) is 0. The first-order chi connectivity index (χ1) is 7.06. The van der Waals surface area contributed by atoms with E-state index in [1.54, 1.807) is 0 Å². The molecule has 2 atom stereocenters. The summed E-state index contributed by atoms with van der Waals surface area (Å²) in [6, 6.07) is 0. The lowest BCUT2D eigenvalue weighted by Crippen LogP contribution is -2.36. The lowest BCUT2D eigenvalue weighted by molar-refractivity contribution is -0.139. The predicted molar refractivity (Wildman–Crippen MR) is 52.1 cm³/mol. The Hall–Kier alpha value is -1.10. The first kappa shape index (κ1) is 10.4. The van der Waals surface area contributed by atoms with Crippen LogP contribution in [0, 0.1) is 11.8 Å². The number of nitrogens with zero attached hydrogens (tertiary/aromatic N) is 2. The van der Waals surface area contributed by atoms with Crippen LogP contribution in [0.3, 0.4) is 0 Å². The van der Waals surface area contributed by atoms with E-state index in [4.69, 9.17) is 11.6 Å². The van der Waals surface area contributed by atoms with E-state index in [1.807, 2.05) is 0 Å². The summed E-state index contributed by atoms with van der Waals surface area (Å²) in [7, 11) is 1.48. The molecule has 2 fully saturated rings. The number of carbonyl (C=O) groups excluding carboxylic acids is 3. The van der Waals surface area contributed by atoms with Gasteiger partial charge in [0.2, 0.25) is 17.7 Å². The first-order valence-corrected chi connectivity index (χ1v) is 5.25. The van der Waals surface area contributed by atoms with Gasteiger partial charge in [-0.3, -0.25) is 19.3 Å². The lowest BCUT2D eigenvalue weighted by atomic mass is 10.00. The SMILES string of the molecule is CN1C(=O)C2CN(C(=O)CCl)CC2C1=O. The normalized spacial score (nSPS) is 30.0. The van der Waals surface area contributed by atoms with Crippen molar-refractivity contribution in [3.05, 3.63) is 0 Å². The molecule has 0 aromatic carbocycles. The summed E-state index contributed by atoms with van der Waals surface area (Å²) in [5.74, 6) is -1.39. The van der Waals surface area contributed by atoms with E-state index in [9.17, 15) is 14.4 Å². The summed E-state index contributed by atoms with van der Waals surface area (Å²) in [4.78, 5) is 37.1. The number of imide groups is 1. The molecule has 2 heterocycles. The zero-order valence-electron chi connectivity index (χ0n) is 8.27. The molecule has 0 aliphatic carbocycles. The van der Waals surface area contributed by atoms with Gasteiger partial charge in [0.1, 0.15) is 5.88 Å². The summed E-state index contributed by atoms with van der Waals surface area (Å²) < 4.78 is 0. The number of amides is 3. The third-order valence-electron chi connectivity index (χ3n) is 3.08. The first-order valence-electron chi connectivity index (χ1n) is 4.71. The third-order valence-corrected chi connectivity index (χ3v) is 3.31. The highest BCUT2D eigenvalue weighted by molar-refractivity contribution is 6.27. The number of hydrogen-bond donors (Lipinski definition) is 0. The Morgan fingerprint density at radius 3 is 2.20 bits per heavy atom. The van der Waals surface area contributed by atoms with Crippen LogP contribution in [0.2, 0.25) is 0 Å². The zero-order chi connectivity index (χ0) is 11.2. The molecule has 15 heavy (non-hydrogen) atoms. The van der Waals surface area contributed by atoms with Gasteiger partial charge in [-0.1, -0.05) is 0 Å². The van der Waals surface area contributed by atoms with Gasteiger partial charge in [-0.2, -0.15) is 0 Å². The zero-order valence-corrected chi connectivity index (χ0v) is 9.03. The van der Waals surface area contributed by atoms with E-state index >= 15 is 0 Å². The second kappa shape index (κ2) is 3.48. The molecular weight excluding hydrogens is 220 g/mol. The molecule has 2 aliphatic rings. The maximum Gasteiger partial charge on any atom is 0.237 e. The Bertz CT molecular complexity index is 320. The van der Waals surface area contributed by atoms with E-state index in [2.05, 4.69) is 0 Å². The molecule has 82 valence electrons. The minimum atomic E-state index is -0.352. The number of likely N-dealkylation sites (tertiary alicyclic amines) is 2. The van der Waals surface area contributed by atoms with E-state index < -0.39 is 0 Å². The van der Waals surface area contributed by atoms with Crippen LogP contribution < -0.4 is 0 Å². The van der Waals surface area contributed by atoms with E-state index in [1.165, 1.54) is 11.9 Å². The third kappa shape index (κ3) is 1.42. The number of alkyl halides is 1. The molecule has 0 N–H and O–H groups in total. The fraction of sp³-hybridized carbons (Fsp3) is 0.667. The number of fused-ring (bicyclic) bond motifs is 1. The Morgan fingerprint density at radius 2 is 1.80 bits per heavy atom. The Kier molecular flexibility index (Phi) is 2.42. The average molecular weight is 231 g/mol. The van der Waals surface area contributed by atoms with Crippen molar-refractivity contribution in [3.8, 4) is 0 Å². The van der Waals surface area contributed by atoms with Crippen molar-refractivity contribution in [3.63, 3.8) is 0 Å². The van der Waals surface area contributed by atoms with Gasteiger partial charge in [-0.05, 0) is 0 Å². The standard InChI is InChI=1S/C9H11ClN2O3/c1-11-8(14)5-3-12(7(13)2-10)4-6(5)9(11)15/h5-6H,2-4H2,1H3. The average Bonchev–Trinajstić information content (AvgIpc) is 2.75. The van der Waals surface area contributed by atoms with Crippen LogP contribution in [-0.4, -0.2) is 53.5 Å². The van der Waals surface area contributed by atoms with Gasteiger partial charge in [-0.25, -0.2) is 0 Å². The van der Waals surface area contributed by atoms with Gasteiger partial charge in [-0.15, -0.1) is 11.6 Å². The topological polar surface area (TPSA) is 57.7 Å². The van der Waals surface area contributed by atoms with Crippen molar-refractivity contribution in [1.82, 2.24) is 9.80 Å². The van der Waals surface area contributed by atoms with E-state index in [-0.39, 0.29) is 35.4 Å². The molecule has 2 aliphatic heterocycles. The smallest absolute Gasteiger partial charge is 0.237 e. The molecule has 0 spiro atoms. The van der Waals surface area contributed by atoms with Crippen molar-refractivity contribution < 1.29 is 14.4 Å². The summed E-state index contributed by atoms with van der Waals surface area (Å²) in [6.45, 7) is 0.649. The van der Waals surface area contributed by atoms with Gasteiger partial charge in [0.15, 0.2) is 0 Å². The molecule has 0 radical (unpaired) electrons. The predicted octanol–water partition coefficient (Wildman–Crippen LogP) is -0.702. The molecule has 0 aromatic rings. The number of rotatable bonds is 1. The fourth-order valence-electron chi connectivity index (χ4n) is 2.20. The quantitative estimate of drug-likeness (QED) is 0.442. The van der Waals surface area contributed by atoms with E-state index in [0.717, 1.165) is 4.90 Å². The molecule has 0 saturated carbocycles. The van der Waals surface area contributed by atoms with Gasteiger partial charge in [0.05, 0.1) is 11.8 Å². The highest BCUT2D eigenvalue weighted by Gasteiger charge is 2.51. The molecule has 6 heteroatoms. The molecule has 2 unspecified atom stereocenters. The molecular formula is C9H11ClN2O3. The van der Waals surface area contributed by atoms with Crippen LogP contribution in [0.1, 0.15) is 0 Å². The van der Waals surface area contributed by atoms with Crippen LogP contribution >= 0.6 is 11.6 Å². The fourth-order valence-corrected chi connectivity index (χ4v) is 2.37. The number of halogens is 1. The van der Waals surface area contributed by atoms with Gasteiger partial charge < -0.3 is 4.90 Å². The molecule has 5 nitrogen and oxygen atoms in total. The minimum Gasteiger partial charge on any atom is -0.340 e. The van der Waals surface area contributed by atoms with Crippen LogP contribution in [-0.2, 0) is 14.4 Å². The Balaban J connectivity index is 2.15. The van der Waals surface area contributed by atoms with Crippen molar-refractivity contribution >= 4 is 29.3 Å². The van der Waals surface area contributed by atoms with Gasteiger partial charge >= 0.3 is 0 Å². The largest absolute Gasteiger partial charge is 0.340 e. The summed E-state index contributed by atoms with van der Waals surface area (Å²) in [5, 5.41) is 0. The number of carbonyl (C=O) groups is 3. The van der Waals surface area contributed by atoms with Crippen molar-refractivity contribution in [2.75, 3.05) is 26.0 Å². The van der Waals surface area contributed by atoms with Gasteiger partial charge in [0.25, 0.3) is 0 Å². The van der Waals surface area contributed by atoms with Crippen LogP contribution in [0.5, 0.6) is 0 Å². The molecule has 3 amide bonds. The molecule has 0 bridgehead atoms. The molecule has 0 aromatic heterocycles. The van der Waals surface area contributed by atoms with Crippen molar-refractivity contribution in [2.45, 2.75) is 0 Å². The Morgan fingerprint density at radius 1 is 1.33 bits per heavy atom. The molecule has 2 saturated heterocycles. The maximum absolute atomic E-state index is 11.6. The summed E-state index contributed by atoms with van der Waals surface area (Å²) >= 11 is 5.42. The van der Waals surface area contributed by atoms with Crippen LogP contribution in [0.4, 0.5) is 0 Å². The summed E-state index contributed by atoms with van der Waals surface area (Å²) in [6.07, 6.45) is 0. The highest BCUT2D eigenvalue weighted by atomic mass is 35.5. The minimum absolute atomic E-state index is 0.0995. The molecule has 2 rings (SSSR count). The Labute approximate surface area is 92.0 Å². The van der Waals surface area contributed by atoms with Crippen LogP contribution in [0.15, 0.2) is 0 Å². The van der Waals surface area contributed by atoms with Crippen molar-refractivity contribution in [1.29, 1.82) is 0 Å². The number of hydrogen-bond acceptors (Lipinski definition) is 3.